The number of nitrogens with zero attached hydrogens (tertiary/aromatic N) is 2. The van der Waals surface area contributed by atoms with Gasteiger partial charge >= 0.3 is 0 Å². The van der Waals surface area contributed by atoms with Crippen LogP contribution in [0.2, 0.25) is 0 Å². The van der Waals surface area contributed by atoms with Crippen LogP contribution in [0.4, 0.5) is 0 Å². The van der Waals surface area contributed by atoms with Crippen LogP contribution >= 0.6 is 15.9 Å². The molecule has 3 nitrogen and oxygen atoms in total. The summed E-state index contributed by atoms with van der Waals surface area (Å²) < 4.78 is 3.27. The van der Waals surface area contributed by atoms with Gasteiger partial charge in [-0.15, -0.1) is 0 Å². The summed E-state index contributed by atoms with van der Waals surface area (Å²) in [5.74, 6) is 0.137. The Hall–Kier alpha value is -2.33. The van der Waals surface area contributed by atoms with Crippen molar-refractivity contribution in [2.75, 3.05) is 0 Å². The van der Waals surface area contributed by atoms with Crippen LogP contribution in [0.3, 0.4) is 0 Å². The molecule has 156 valence electrons. The first-order valence-corrected chi connectivity index (χ1v) is 11.7. The van der Waals surface area contributed by atoms with Gasteiger partial charge in [-0.2, -0.15) is 0 Å². The van der Waals surface area contributed by atoms with E-state index in [4.69, 9.17) is 0 Å². The fourth-order valence-corrected chi connectivity index (χ4v) is 4.71. The summed E-state index contributed by atoms with van der Waals surface area (Å²) in [6.45, 7) is 3.61. The molecule has 0 N–H and O–H groups in total. The zero-order chi connectivity index (χ0) is 20.9. The fourth-order valence-electron chi connectivity index (χ4n) is 4.45. The number of hydrogen-bond acceptors (Lipinski definition) is 1. The van der Waals surface area contributed by atoms with Gasteiger partial charge in [0, 0.05) is 34.5 Å². The Bertz CT molecular complexity index is 986. The third kappa shape index (κ3) is 5.04. The number of rotatable bonds is 6. The van der Waals surface area contributed by atoms with Gasteiger partial charge in [-0.3, -0.25) is 4.79 Å². The molecule has 4 heteroatoms. The topological polar surface area (TPSA) is 25.2 Å². The lowest BCUT2D eigenvalue weighted by atomic mass is 9.93. The van der Waals surface area contributed by atoms with Crippen LogP contribution in [-0.2, 0) is 13.1 Å². The molecule has 0 saturated heterocycles. The first-order valence-electron chi connectivity index (χ1n) is 10.9. The maximum atomic E-state index is 13.5. The van der Waals surface area contributed by atoms with E-state index in [1.165, 1.54) is 36.1 Å². The molecule has 0 aliphatic heterocycles. The second-order valence-electron chi connectivity index (χ2n) is 8.35. The molecule has 1 fully saturated rings. The van der Waals surface area contributed by atoms with Gasteiger partial charge in [0.2, 0.25) is 0 Å². The molecule has 1 aliphatic rings. The van der Waals surface area contributed by atoms with Gasteiger partial charge in [0.05, 0.1) is 6.54 Å². The van der Waals surface area contributed by atoms with Gasteiger partial charge < -0.3 is 9.47 Å². The van der Waals surface area contributed by atoms with E-state index >= 15 is 0 Å². The molecule has 1 aromatic heterocycles. The summed E-state index contributed by atoms with van der Waals surface area (Å²) in [4.78, 5) is 15.6. The van der Waals surface area contributed by atoms with E-state index in [1.54, 1.807) is 0 Å². The molecule has 1 heterocycles. The average Bonchev–Trinajstić information content (AvgIpc) is 3.19. The maximum absolute atomic E-state index is 13.5. The average molecular weight is 465 g/mol. The highest BCUT2D eigenvalue weighted by molar-refractivity contribution is 9.10. The third-order valence-electron chi connectivity index (χ3n) is 6.06. The Morgan fingerprint density at radius 3 is 2.53 bits per heavy atom. The SMILES string of the molecule is Cc1cccc(Cn2cccc2CN(C(=O)c2ccc(Br)cc2)C2CCCCC2)c1. The van der Waals surface area contributed by atoms with Crippen LogP contribution in [0, 0.1) is 6.92 Å². The first kappa shape index (κ1) is 20.9. The van der Waals surface area contributed by atoms with Crippen molar-refractivity contribution in [3.8, 4) is 0 Å². The third-order valence-corrected chi connectivity index (χ3v) is 6.59. The number of benzene rings is 2. The Morgan fingerprint density at radius 2 is 1.80 bits per heavy atom. The smallest absolute Gasteiger partial charge is 0.254 e. The van der Waals surface area contributed by atoms with Gasteiger partial charge in [0.1, 0.15) is 0 Å². The van der Waals surface area contributed by atoms with Crippen LogP contribution in [-0.4, -0.2) is 21.4 Å². The molecule has 1 saturated carbocycles. The van der Waals surface area contributed by atoms with Gasteiger partial charge in [-0.25, -0.2) is 0 Å². The Labute approximate surface area is 187 Å². The molecule has 0 radical (unpaired) electrons. The largest absolute Gasteiger partial charge is 0.345 e. The number of hydrogen-bond donors (Lipinski definition) is 0. The first-order chi connectivity index (χ1) is 14.6. The molecule has 2 aromatic carbocycles. The maximum Gasteiger partial charge on any atom is 0.254 e. The van der Waals surface area contributed by atoms with Crippen molar-refractivity contribution in [2.45, 2.75) is 58.2 Å². The number of halogens is 1. The minimum Gasteiger partial charge on any atom is -0.345 e. The summed E-state index contributed by atoms with van der Waals surface area (Å²) >= 11 is 3.47. The summed E-state index contributed by atoms with van der Waals surface area (Å²) in [5, 5.41) is 0. The molecule has 4 rings (SSSR count). The molecular weight excluding hydrogens is 436 g/mol. The van der Waals surface area contributed by atoms with Crippen molar-refractivity contribution >= 4 is 21.8 Å². The van der Waals surface area contributed by atoms with Gasteiger partial charge in [-0.05, 0) is 61.7 Å². The lowest BCUT2D eigenvalue weighted by Gasteiger charge is -2.35. The monoisotopic (exact) mass is 464 g/mol. The van der Waals surface area contributed by atoms with Crippen LogP contribution < -0.4 is 0 Å². The van der Waals surface area contributed by atoms with Crippen LogP contribution in [0.25, 0.3) is 0 Å². The second kappa shape index (κ2) is 9.65. The molecule has 0 unspecified atom stereocenters. The molecule has 0 spiro atoms. The van der Waals surface area contributed by atoms with E-state index in [1.807, 2.05) is 24.3 Å². The minimum absolute atomic E-state index is 0.137. The Morgan fingerprint density at radius 1 is 1.03 bits per heavy atom. The normalized spacial score (nSPS) is 14.6. The van der Waals surface area contributed by atoms with Crippen molar-refractivity contribution in [1.82, 2.24) is 9.47 Å². The quantitative estimate of drug-likeness (QED) is 0.404. The zero-order valence-electron chi connectivity index (χ0n) is 17.6. The van der Waals surface area contributed by atoms with E-state index in [2.05, 4.69) is 74.9 Å². The van der Waals surface area contributed by atoms with Crippen LogP contribution in [0.1, 0.15) is 59.3 Å². The second-order valence-corrected chi connectivity index (χ2v) is 9.26. The number of aryl methyl sites for hydroxylation is 1. The number of amides is 1. The Balaban J connectivity index is 1.58. The lowest BCUT2D eigenvalue weighted by Crippen LogP contribution is -2.41. The van der Waals surface area contributed by atoms with E-state index in [0.717, 1.165) is 29.4 Å². The molecule has 1 amide bonds. The molecule has 3 aromatic rings. The van der Waals surface area contributed by atoms with Gasteiger partial charge in [-0.1, -0.05) is 65.0 Å². The highest BCUT2D eigenvalue weighted by atomic mass is 79.9. The highest BCUT2D eigenvalue weighted by Crippen LogP contribution is 2.26. The van der Waals surface area contributed by atoms with Crippen molar-refractivity contribution in [3.05, 3.63) is 93.7 Å². The van der Waals surface area contributed by atoms with Crippen LogP contribution in [0.15, 0.2) is 71.3 Å². The predicted molar refractivity (Wildman–Crippen MR) is 126 cm³/mol. The predicted octanol–water partition coefficient (Wildman–Crippen LogP) is 6.58. The number of carbonyl (C=O) groups excluding carboxylic acids is 1. The molecule has 0 atom stereocenters. The fraction of sp³-hybridized carbons (Fsp3) is 0.346. The minimum atomic E-state index is 0.137. The molecule has 1 aliphatic carbocycles. The summed E-state index contributed by atoms with van der Waals surface area (Å²) in [6, 6.07) is 21.0. The highest BCUT2D eigenvalue weighted by Gasteiger charge is 2.27. The van der Waals surface area contributed by atoms with E-state index < -0.39 is 0 Å². The Kier molecular flexibility index (Phi) is 6.73. The zero-order valence-corrected chi connectivity index (χ0v) is 19.1. The molecule has 30 heavy (non-hydrogen) atoms. The van der Waals surface area contributed by atoms with Crippen molar-refractivity contribution in [1.29, 1.82) is 0 Å². The summed E-state index contributed by atoms with van der Waals surface area (Å²) in [7, 11) is 0. The van der Waals surface area contributed by atoms with Crippen molar-refractivity contribution in [2.24, 2.45) is 0 Å². The van der Waals surface area contributed by atoms with Gasteiger partial charge in [0.25, 0.3) is 5.91 Å². The number of aromatic nitrogens is 1. The molecular formula is C26H29BrN2O. The van der Waals surface area contributed by atoms with E-state index in [-0.39, 0.29) is 5.91 Å². The van der Waals surface area contributed by atoms with Crippen molar-refractivity contribution < 1.29 is 4.79 Å². The molecule has 0 bridgehead atoms. The standard InChI is InChI=1S/C26H29BrN2O/c1-20-7-5-8-21(17-20)18-28-16-6-11-25(28)19-29(24-9-3-2-4-10-24)26(30)22-12-14-23(27)15-13-22/h5-8,11-17,24H,2-4,9-10,18-19H2,1H3. The number of carbonyl (C=O) groups is 1. The van der Waals surface area contributed by atoms with E-state index in [0.29, 0.717) is 12.6 Å². The van der Waals surface area contributed by atoms with Gasteiger partial charge in [0.15, 0.2) is 0 Å². The summed E-state index contributed by atoms with van der Waals surface area (Å²) in [5.41, 5.74) is 4.51. The lowest BCUT2D eigenvalue weighted by molar-refractivity contribution is 0.0608. The summed E-state index contributed by atoms with van der Waals surface area (Å²) in [6.07, 6.45) is 8.02. The van der Waals surface area contributed by atoms with E-state index in [9.17, 15) is 4.79 Å². The van der Waals surface area contributed by atoms with Crippen LogP contribution in [0.5, 0.6) is 0 Å². The van der Waals surface area contributed by atoms with Crippen molar-refractivity contribution in [3.63, 3.8) is 0 Å².